The first-order chi connectivity index (χ1) is 12.7. The normalized spacial score (nSPS) is 14.2. The molecule has 1 aliphatic heterocycles. The zero-order valence-electron chi connectivity index (χ0n) is 15.2. The van der Waals surface area contributed by atoms with Crippen molar-refractivity contribution in [3.8, 4) is 11.5 Å². The largest absolute Gasteiger partial charge is 0.496 e. The first-order valence-corrected chi connectivity index (χ1v) is 8.76. The van der Waals surface area contributed by atoms with E-state index in [9.17, 15) is 4.79 Å². The molecule has 3 rings (SSSR count). The van der Waals surface area contributed by atoms with Gasteiger partial charge in [0.15, 0.2) is 0 Å². The van der Waals surface area contributed by atoms with E-state index in [1.54, 1.807) is 14.2 Å². The summed E-state index contributed by atoms with van der Waals surface area (Å²) in [4.78, 5) is 12.5. The van der Waals surface area contributed by atoms with Crippen LogP contribution in [0.25, 0.3) is 0 Å². The minimum atomic E-state index is -0.104. The Morgan fingerprint density at radius 3 is 2.54 bits per heavy atom. The van der Waals surface area contributed by atoms with Crippen molar-refractivity contribution in [3.05, 3.63) is 59.2 Å². The zero-order chi connectivity index (χ0) is 18.4. The molecule has 0 spiro atoms. The fourth-order valence-corrected chi connectivity index (χ4v) is 3.19. The topological polar surface area (TPSA) is 71.6 Å². The highest BCUT2D eigenvalue weighted by Crippen LogP contribution is 2.28. The van der Waals surface area contributed by atoms with E-state index in [2.05, 4.69) is 16.2 Å². The number of carbonyl (C=O) groups excluding carboxylic acids is 1. The van der Waals surface area contributed by atoms with E-state index >= 15 is 0 Å². The van der Waals surface area contributed by atoms with Crippen LogP contribution in [0.2, 0.25) is 0 Å². The van der Waals surface area contributed by atoms with Crippen molar-refractivity contribution < 1.29 is 14.3 Å². The monoisotopic (exact) mass is 355 g/mol. The number of rotatable bonds is 7. The number of benzene rings is 2. The molecule has 1 heterocycles. The van der Waals surface area contributed by atoms with Crippen molar-refractivity contribution >= 4 is 5.91 Å². The van der Waals surface area contributed by atoms with Gasteiger partial charge in [0.05, 0.1) is 14.2 Å². The molecule has 1 fully saturated rings. The summed E-state index contributed by atoms with van der Waals surface area (Å²) in [5.41, 5.74) is 9.02. The Morgan fingerprint density at radius 2 is 1.81 bits per heavy atom. The fraction of sp³-hybridized carbons (Fsp3) is 0.350. The van der Waals surface area contributed by atoms with Gasteiger partial charge in [-0.05, 0) is 35.7 Å². The summed E-state index contributed by atoms with van der Waals surface area (Å²) >= 11 is 0. The van der Waals surface area contributed by atoms with Crippen LogP contribution in [0.4, 0.5) is 0 Å². The minimum Gasteiger partial charge on any atom is -0.496 e. The van der Waals surface area contributed by atoms with Crippen molar-refractivity contribution in [2.24, 2.45) is 0 Å². The van der Waals surface area contributed by atoms with Crippen LogP contribution in [0.3, 0.4) is 0 Å². The fourth-order valence-electron chi connectivity index (χ4n) is 3.19. The van der Waals surface area contributed by atoms with E-state index in [1.807, 2.05) is 42.5 Å². The molecule has 6 nitrogen and oxygen atoms in total. The number of hydrazine groups is 1. The van der Waals surface area contributed by atoms with Gasteiger partial charge in [0, 0.05) is 31.1 Å². The smallest absolute Gasteiger partial charge is 0.251 e. The third-order valence-electron chi connectivity index (χ3n) is 4.63. The number of carbonyl (C=O) groups is 1. The Morgan fingerprint density at radius 1 is 1.08 bits per heavy atom. The summed E-state index contributed by atoms with van der Waals surface area (Å²) in [5.74, 6) is 1.82. The van der Waals surface area contributed by atoms with Gasteiger partial charge < -0.3 is 14.8 Å². The van der Waals surface area contributed by atoms with Crippen LogP contribution in [-0.4, -0.2) is 39.8 Å². The predicted molar refractivity (Wildman–Crippen MR) is 101 cm³/mol. The lowest BCUT2D eigenvalue weighted by Gasteiger charge is -2.15. The number of nitrogens with one attached hydrogen (secondary N) is 3. The van der Waals surface area contributed by atoms with Gasteiger partial charge in [0.2, 0.25) is 0 Å². The van der Waals surface area contributed by atoms with Gasteiger partial charge in [-0.2, -0.15) is 0 Å². The van der Waals surface area contributed by atoms with Crippen molar-refractivity contribution in [1.82, 2.24) is 16.2 Å². The average Bonchev–Trinajstić information content (AvgIpc) is 3.22. The van der Waals surface area contributed by atoms with E-state index in [0.29, 0.717) is 24.4 Å². The summed E-state index contributed by atoms with van der Waals surface area (Å²) < 4.78 is 10.8. The summed E-state index contributed by atoms with van der Waals surface area (Å²) in [6, 6.07) is 13.5. The predicted octanol–water partition coefficient (Wildman–Crippen LogP) is 1.87. The van der Waals surface area contributed by atoms with Gasteiger partial charge in [-0.15, -0.1) is 0 Å². The molecule has 6 heteroatoms. The minimum absolute atomic E-state index is 0.104. The molecular formula is C20H25N3O3. The van der Waals surface area contributed by atoms with Crippen molar-refractivity contribution in [3.63, 3.8) is 0 Å². The SMILES string of the molecule is COc1ccccc1CCNC(=O)c1ccc(C2CNNC2)c(OC)c1. The van der Waals surface area contributed by atoms with Crippen molar-refractivity contribution in [1.29, 1.82) is 0 Å². The highest BCUT2D eigenvalue weighted by molar-refractivity contribution is 5.94. The Bertz CT molecular complexity index is 758. The molecule has 0 bridgehead atoms. The molecule has 0 aliphatic carbocycles. The number of ether oxygens (including phenoxy) is 2. The van der Waals surface area contributed by atoms with Crippen LogP contribution in [0.1, 0.15) is 27.4 Å². The van der Waals surface area contributed by atoms with Gasteiger partial charge in [0.1, 0.15) is 11.5 Å². The summed E-state index contributed by atoms with van der Waals surface area (Å²) in [6.45, 7) is 2.24. The highest BCUT2D eigenvalue weighted by atomic mass is 16.5. The number of para-hydroxylation sites is 1. The molecule has 3 N–H and O–H groups in total. The second-order valence-corrected chi connectivity index (χ2v) is 6.23. The number of hydrogen-bond acceptors (Lipinski definition) is 5. The molecule has 0 unspecified atom stereocenters. The van der Waals surface area contributed by atoms with E-state index in [1.165, 1.54) is 0 Å². The Labute approximate surface area is 153 Å². The lowest BCUT2D eigenvalue weighted by Crippen LogP contribution is -2.26. The highest BCUT2D eigenvalue weighted by Gasteiger charge is 2.21. The average molecular weight is 355 g/mol. The summed E-state index contributed by atoms with van der Waals surface area (Å²) in [5, 5.41) is 2.96. The van der Waals surface area contributed by atoms with E-state index in [-0.39, 0.29) is 5.91 Å². The molecule has 2 aromatic rings. The number of methoxy groups -OCH3 is 2. The van der Waals surface area contributed by atoms with Gasteiger partial charge in [-0.3, -0.25) is 15.6 Å². The number of amides is 1. The second kappa shape index (κ2) is 8.69. The van der Waals surface area contributed by atoms with Gasteiger partial charge in [-0.1, -0.05) is 24.3 Å². The maximum absolute atomic E-state index is 12.5. The van der Waals surface area contributed by atoms with Crippen LogP contribution >= 0.6 is 0 Å². The van der Waals surface area contributed by atoms with E-state index in [0.717, 1.165) is 35.7 Å². The Hall–Kier alpha value is -2.57. The van der Waals surface area contributed by atoms with Crippen LogP contribution in [-0.2, 0) is 6.42 Å². The molecule has 26 heavy (non-hydrogen) atoms. The lowest BCUT2D eigenvalue weighted by molar-refractivity contribution is 0.0953. The Balaban J connectivity index is 1.62. The second-order valence-electron chi connectivity index (χ2n) is 6.23. The zero-order valence-corrected chi connectivity index (χ0v) is 15.2. The lowest BCUT2D eigenvalue weighted by atomic mass is 9.97. The number of hydrogen-bond donors (Lipinski definition) is 3. The van der Waals surface area contributed by atoms with Gasteiger partial charge in [0.25, 0.3) is 5.91 Å². The summed E-state index contributed by atoms with van der Waals surface area (Å²) in [6.07, 6.45) is 0.713. The molecule has 0 atom stereocenters. The molecule has 138 valence electrons. The van der Waals surface area contributed by atoms with Crippen LogP contribution < -0.4 is 25.6 Å². The maximum atomic E-state index is 12.5. The van der Waals surface area contributed by atoms with Crippen LogP contribution in [0, 0.1) is 0 Å². The summed E-state index contributed by atoms with van der Waals surface area (Å²) in [7, 11) is 3.29. The first kappa shape index (κ1) is 18.2. The Kier molecular flexibility index (Phi) is 6.09. The molecule has 0 aromatic heterocycles. The van der Waals surface area contributed by atoms with E-state index < -0.39 is 0 Å². The molecule has 0 saturated carbocycles. The molecule has 1 aliphatic rings. The van der Waals surface area contributed by atoms with Gasteiger partial charge >= 0.3 is 0 Å². The van der Waals surface area contributed by atoms with E-state index in [4.69, 9.17) is 9.47 Å². The van der Waals surface area contributed by atoms with Crippen LogP contribution in [0.5, 0.6) is 11.5 Å². The molecule has 0 radical (unpaired) electrons. The van der Waals surface area contributed by atoms with Gasteiger partial charge in [-0.25, -0.2) is 0 Å². The molecule has 1 saturated heterocycles. The molecular weight excluding hydrogens is 330 g/mol. The third-order valence-corrected chi connectivity index (χ3v) is 4.63. The van der Waals surface area contributed by atoms with Crippen molar-refractivity contribution in [2.75, 3.05) is 33.9 Å². The standard InChI is InChI=1S/C20H25N3O3/c1-25-18-6-4-3-5-14(18)9-10-21-20(24)15-7-8-17(19(11-15)26-2)16-12-22-23-13-16/h3-8,11,16,22-23H,9-10,12-13H2,1-2H3,(H,21,24). The first-order valence-electron chi connectivity index (χ1n) is 8.76. The maximum Gasteiger partial charge on any atom is 0.251 e. The quantitative estimate of drug-likeness (QED) is 0.707. The molecule has 1 amide bonds. The third kappa shape index (κ3) is 4.15. The molecule has 2 aromatic carbocycles. The van der Waals surface area contributed by atoms with Crippen molar-refractivity contribution in [2.45, 2.75) is 12.3 Å². The van der Waals surface area contributed by atoms with Crippen LogP contribution in [0.15, 0.2) is 42.5 Å².